The molecule has 0 heterocycles. The van der Waals surface area contributed by atoms with Gasteiger partial charge in [0, 0.05) is 17.7 Å². The Morgan fingerprint density at radius 2 is 2.00 bits per heavy atom. The first-order valence-electron chi connectivity index (χ1n) is 6.80. The van der Waals surface area contributed by atoms with Gasteiger partial charge in [0.1, 0.15) is 7.22 Å². The van der Waals surface area contributed by atoms with Crippen molar-refractivity contribution in [1.82, 2.24) is 0 Å². The second-order valence-electron chi connectivity index (χ2n) is 5.53. The summed E-state index contributed by atoms with van der Waals surface area (Å²) in [6.07, 6.45) is 5.76. The lowest BCUT2D eigenvalue weighted by Crippen LogP contribution is -2.13. The van der Waals surface area contributed by atoms with E-state index in [2.05, 4.69) is 55.8 Å². The van der Waals surface area contributed by atoms with Crippen molar-refractivity contribution in [2.24, 2.45) is 4.99 Å². The Bertz CT molecular complexity index is 382. The third-order valence-electron chi connectivity index (χ3n) is 2.41. The minimum absolute atomic E-state index is 0.958. The first kappa shape index (κ1) is 15.5. The molecule has 0 atom stereocenters. The zero-order chi connectivity index (χ0) is 13.4. The molecule has 1 aromatic rings. The molecule has 0 aromatic heterocycles. The zero-order valence-electron chi connectivity index (χ0n) is 12.1. The molecule has 0 N–H and O–H groups in total. The van der Waals surface area contributed by atoms with Crippen LogP contribution in [0.2, 0.25) is 19.6 Å². The lowest BCUT2D eigenvalue weighted by Gasteiger charge is -2.15. The first-order valence-corrected chi connectivity index (χ1v) is 11.8. The van der Waals surface area contributed by atoms with E-state index in [0.717, 1.165) is 6.54 Å². The normalized spacial score (nSPS) is 12.2. The number of aliphatic imine (C=N–C) groups is 1. The van der Waals surface area contributed by atoms with Crippen LogP contribution >= 0.6 is 11.2 Å². The van der Waals surface area contributed by atoms with Crippen molar-refractivity contribution in [2.75, 3.05) is 6.54 Å². The van der Waals surface area contributed by atoms with Crippen LogP contribution in [0.15, 0.2) is 34.2 Å². The highest BCUT2D eigenvalue weighted by Gasteiger charge is 2.14. The number of hydrogen-bond donors (Lipinski definition) is 0. The summed E-state index contributed by atoms with van der Waals surface area (Å²) < 4.78 is 0. The van der Waals surface area contributed by atoms with Gasteiger partial charge in [0.05, 0.1) is 0 Å². The number of benzene rings is 1. The summed E-state index contributed by atoms with van der Waals surface area (Å²) in [6.45, 7) is 10.3. The predicted molar refractivity (Wildman–Crippen MR) is 87.6 cm³/mol. The summed E-state index contributed by atoms with van der Waals surface area (Å²) in [7, 11) is -1.10. The Balaban J connectivity index is 2.54. The second kappa shape index (κ2) is 7.80. The SMILES string of the molecule is CCCCCN=Cc1cccc(S[Si](C)(C)C)c1. The summed E-state index contributed by atoms with van der Waals surface area (Å²) in [5.74, 6) is 0. The van der Waals surface area contributed by atoms with Gasteiger partial charge in [-0.1, -0.05) is 51.5 Å². The predicted octanol–water partition coefficient (Wildman–Crippen LogP) is 5.22. The highest BCUT2D eigenvalue weighted by Crippen LogP contribution is 2.29. The zero-order valence-corrected chi connectivity index (χ0v) is 13.9. The van der Waals surface area contributed by atoms with Gasteiger partial charge in [-0.15, -0.1) is 0 Å². The van der Waals surface area contributed by atoms with Crippen LogP contribution in [0.4, 0.5) is 0 Å². The van der Waals surface area contributed by atoms with Gasteiger partial charge in [-0.25, -0.2) is 0 Å². The van der Waals surface area contributed by atoms with E-state index >= 15 is 0 Å². The fourth-order valence-corrected chi connectivity index (χ4v) is 5.19. The van der Waals surface area contributed by atoms with Gasteiger partial charge >= 0.3 is 0 Å². The van der Waals surface area contributed by atoms with E-state index < -0.39 is 7.22 Å². The Morgan fingerprint density at radius 1 is 1.22 bits per heavy atom. The molecule has 0 radical (unpaired) electrons. The molecule has 0 aliphatic carbocycles. The smallest absolute Gasteiger partial charge is 0.114 e. The van der Waals surface area contributed by atoms with Gasteiger partial charge in [0.2, 0.25) is 0 Å². The quantitative estimate of drug-likeness (QED) is 0.378. The van der Waals surface area contributed by atoms with Crippen molar-refractivity contribution in [2.45, 2.75) is 50.7 Å². The summed E-state index contributed by atoms with van der Waals surface area (Å²) in [5, 5.41) is 0. The number of unbranched alkanes of at least 4 members (excludes halogenated alkanes) is 2. The van der Waals surface area contributed by atoms with Crippen LogP contribution in [0, 0.1) is 0 Å². The molecule has 1 aromatic carbocycles. The molecule has 18 heavy (non-hydrogen) atoms. The van der Waals surface area contributed by atoms with Gasteiger partial charge in [-0.05, 0) is 24.1 Å². The monoisotopic (exact) mass is 279 g/mol. The standard InChI is InChI=1S/C15H25NSSi/c1-5-6-7-11-16-13-14-9-8-10-15(12-14)17-18(2,3)4/h8-10,12-13H,5-7,11H2,1-4H3. The third kappa shape index (κ3) is 7.02. The first-order chi connectivity index (χ1) is 8.51. The molecule has 0 saturated carbocycles. The van der Waals surface area contributed by atoms with Crippen molar-refractivity contribution < 1.29 is 0 Å². The lowest BCUT2D eigenvalue weighted by molar-refractivity contribution is 0.729. The van der Waals surface area contributed by atoms with Crippen LogP contribution in [0.5, 0.6) is 0 Å². The van der Waals surface area contributed by atoms with Gasteiger partial charge in [-0.3, -0.25) is 4.99 Å². The molecule has 0 spiro atoms. The minimum Gasteiger partial charge on any atom is -0.293 e. The fraction of sp³-hybridized carbons (Fsp3) is 0.533. The summed E-state index contributed by atoms with van der Waals surface area (Å²) in [4.78, 5) is 5.87. The highest BCUT2D eigenvalue weighted by molar-refractivity contribution is 8.28. The van der Waals surface area contributed by atoms with Crippen molar-refractivity contribution in [3.05, 3.63) is 29.8 Å². The van der Waals surface area contributed by atoms with Gasteiger partial charge in [0.15, 0.2) is 0 Å². The molecular formula is C15H25NSSi. The third-order valence-corrected chi connectivity index (χ3v) is 6.06. The molecule has 1 rings (SSSR count). The van der Waals surface area contributed by atoms with E-state index in [1.165, 1.54) is 29.7 Å². The van der Waals surface area contributed by atoms with Crippen LogP contribution in [0.3, 0.4) is 0 Å². The largest absolute Gasteiger partial charge is 0.293 e. The lowest BCUT2D eigenvalue weighted by atomic mass is 10.2. The van der Waals surface area contributed by atoms with Crippen molar-refractivity contribution in [3.8, 4) is 0 Å². The maximum Gasteiger partial charge on any atom is 0.114 e. The molecule has 0 aliphatic heterocycles. The van der Waals surface area contributed by atoms with Crippen LogP contribution in [-0.2, 0) is 0 Å². The molecule has 0 aliphatic rings. The average molecular weight is 280 g/mol. The fourth-order valence-electron chi connectivity index (χ4n) is 1.63. The molecular weight excluding hydrogens is 254 g/mol. The van der Waals surface area contributed by atoms with E-state index in [1.54, 1.807) is 0 Å². The Hall–Kier alpha value is -0.543. The topological polar surface area (TPSA) is 12.4 Å². The molecule has 0 saturated heterocycles. The van der Waals surface area contributed by atoms with E-state index in [4.69, 9.17) is 0 Å². The summed E-state index contributed by atoms with van der Waals surface area (Å²) in [5.41, 5.74) is 1.23. The van der Waals surface area contributed by atoms with Crippen LogP contribution < -0.4 is 0 Å². The maximum absolute atomic E-state index is 4.49. The maximum atomic E-state index is 4.49. The van der Waals surface area contributed by atoms with Crippen LogP contribution in [0.25, 0.3) is 0 Å². The minimum atomic E-state index is -1.10. The van der Waals surface area contributed by atoms with Crippen LogP contribution in [-0.4, -0.2) is 20.0 Å². The number of hydrogen-bond acceptors (Lipinski definition) is 2. The Labute approximate surface area is 117 Å². The number of nitrogens with zero attached hydrogens (tertiary/aromatic N) is 1. The Morgan fingerprint density at radius 3 is 2.67 bits per heavy atom. The molecule has 0 fully saturated rings. The molecule has 100 valence electrons. The molecule has 0 unspecified atom stereocenters. The van der Waals surface area contributed by atoms with Crippen molar-refractivity contribution in [3.63, 3.8) is 0 Å². The van der Waals surface area contributed by atoms with E-state index in [-0.39, 0.29) is 0 Å². The molecule has 0 amide bonds. The van der Waals surface area contributed by atoms with Gasteiger partial charge in [0.25, 0.3) is 0 Å². The van der Waals surface area contributed by atoms with Gasteiger partial charge < -0.3 is 0 Å². The molecule has 3 heteroatoms. The second-order valence-corrected chi connectivity index (χ2v) is 14.7. The summed E-state index contributed by atoms with van der Waals surface area (Å²) >= 11 is 2.04. The van der Waals surface area contributed by atoms with E-state index in [0.29, 0.717) is 0 Å². The van der Waals surface area contributed by atoms with Gasteiger partial charge in [-0.2, -0.15) is 11.2 Å². The number of rotatable bonds is 7. The van der Waals surface area contributed by atoms with E-state index in [1.807, 2.05) is 17.4 Å². The molecule has 0 bridgehead atoms. The molecule has 1 nitrogen and oxygen atoms in total. The van der Waals surface area contributed by atoms with Crippen molar-refractivity contribution >= 4 is 24.6 Å². The summed E-state index contributed by atoms with van der Waals surface area (Å²) in [6, 6.07) is 8.73. The van der Waals surface area contributed by atoms with Crippen LogP contribution in [0.1, 0.15) is 31.7 Å². The highest BCUT2D eigenvalue weighted by atomic mass is 32.4. The van der Waals surface area contributed by atoms with E-state index in [9.17, 15) is 0 Å². The van der Waals surface area contributed by atoms with Crippen molar-refractivity contribution in [1.29, 1.82) is 0 Å². The average Bonchev–Trinajstić information content (AvgIpc) is 2.27. The Kier molecular flexibility index (Phi) is 6.72.